The second-order valence-electron chi connectivity index (χ2n) is 22.8. The fourth-order valence-electron chi connectivity index (χ4n) is 10.4. The standard InChI is InChI=1S/C50H71N13O12.C12H12N2O3/c1-5-28(4)41(47(72)59-36(23-31-25-54-26-56-31)48(73)63-20-10-14-38(63)45(70)60-37(49(74)75)22-29-11-7-6-8-12-29)62-44(69)35(21-30-15-17-32(64)18-16-30)58-46(71)40(27(2)3)61-43(68)34(13-9-19-55-50(52)53)57-42(67)33(51)24-39(65)66;1-2-12(8-6-4-3-5-7-8)9(15)13-11(17)14-10(12)16/h6-8,11-12,15-18,25-28,33-38,40-41,64H,5,9-10,13-14,19-24,51H2,1-4H3,(H,54,56)(H,57,67)(H,58,71)(H,59,72)(H,60,70)(H,61,68)(H,62,69)(H,65,66)(H,74,75)(H4,52,53,55);3-7H,2H2,1H3,(H2,13,14,15,16,17)/t28-,33-,34-,35-,36-,37-,38-,40-,41-;/m0./s1. The van der Waals surface area contributed by atoms with Gasteiger partial charge in [0.2, 0.25) is 53.2 Å². The first-order valence-corrected chi connectivity index (χ1v) is 30.1. The van der Waals surface area contributed by atoms with Crippen LogP contribution in [0.15, 0.2) is 97.5 Å². The normalized spacial score (nSPS) is 16.8. The maximum atomic E-state index is 14.6. The van der Waals surface area contributed by atoms with Crippen LogP contribution in [0.3, 0.4) is 0 Å². The molecule has 18 N–H and O–H groups in total. The van der Waals surface area contributed by atoms with E-state index < -0.39 is 143 Å². The molecular formula is C62H83N15O15. The van der Waals surface area contributed by atoms with Crippen LogP contribution in [0.2, 0.25) is 0 Å². The third kappa shape index (κ3) is 20.6. The van der Waals surface area contributed by atoms with Gasteiger partial charge in [-0.15, -0.1) is 0 Å². The number of likely N-dealkylation sites (tertiary alicyclic amines) is 1. The largest absolute Gasteiger partial charge is 0.508 e. The molecule has 2 aliphatic heterocycles. The minimum atomic E-state index is -1.51. The molecule has 30 heteroatoms. The number of amides is 11. The molecule has 0 aliphatic carbocycles. The number of guanidine groups is 1. The number of hydrogen-bond donors (Lipinski definition) is 16. The molecule has 0 unspecified atom stereocenters. The summed E-state index contributed by atoms with van der Waals surface area (Å²) in [6.45, 7) is 8.70. The molecule has 6 rings (SSSR count). The summed E-state index contributed by atoms with van der Waals surface area (Å²) in [5.74, 6) is -10.9. The number of imidazole rings is 1. The molecule has 9 atom stereocenters. The van der Waals surface area contributed by atoms with E-state index in [0.717, 1.165) is 0 Å². The van der Waals surface area contributed by atoms with Gasteiger partial charge in [-0.3, -0.25) is 64.0 Å². The molecule has 496 valence electrons. The van der Waals surface area contributed by atoms with Crippen LogP contribution < -0.4 is 59.3 Å². The number of nitrogens with two attached hydrogens (primary N) is 2. The number of carboxylic acid groups (broad SMARTS) is 2. The number of carbonyl (C=O) groups excluding carboxylic acids is 10. The topological polar surface area (TPSA) is 482 Å². The number of aliphatic carboxylic acids is 2. The first-order chi connectivity index (χ1) is 43.7. The lowest BCUT2D eigenvalue weighted by molar-refractivity contribution is -0.145. The van der Waals surface area contributed by atoms with Crippen molar-refractivity contribution in [2.24, 2.45) is 23.3 Å². The molecule has 3 aromatic carbocycles. The van der Waals surface area contributed by atoms with Crippen molar-refractivity contribution in [3.63, 3.8) is 0 Å². The van der Waals surface area contributed by atoms with Crippen molar-refractivity contribution < 1.29 is 72.9 Å². The first kappa shape index (κ1) is 72.5. The van der Waals surface area contributed by atoms with Crippen LogP contribution in [-0.2, 0) is 77.4 Å². The predicted molar refractivity (Wildman–Crippen MR) is 332 cm³/mol. The van der Waals surface area contributed by atoms with Crippen molar-refractivity contribution in [1.29, 1.82) is 5.41 Å². The molecule has 4 aromatic rings. The van der Waals surface area contributed by atoms with E-state index in [2.05, 4.69) is 57.8 Å². The van der Waals surface area contributed by atoms with Crippen LogP contribution in [0.1, 0.15) is 102 Å². The van der Waals surface area contributed by atoms with Gasteiger partial charge < -0.3 is 73.9 Å². The van der Waals surface area contributed by atoms with Gasteiger partial charge in [-0.1, -0.05) is 114 Å². The number of aromatic nitrogens is 2. The smallest absolute Gasteiger partial charge is 0.328 e. The van der Waals surface area contributed by atoms with Crippen molar-refractivity contribution in [1.82, 2.24) is 62.7 Å². The molecule has 2 aliphatic rings. The number of aromatic hydroxyl groups is 1. The first-order valence-electron chi connectivity index (χ1n) is 30.1. The third-order valence-corrected chi connectivity index (χ3v) is 15.8. The molecule has 2 saturated heterocycles. The maximum Gasteiger partial charge on any atom is 0.328 e. The molecular weight excluding hydrogens is 1190 g/mol. The van der Waals surface area contributed by atoms with E-state index >= 15 is 0 Å². The van der Waals surface area contributed by atoms with Crippen molar-refractivity contribution in [2.75, 3.05) is 13.1 Å². The molecule has 2 fully saturated rings. The predicted octanol–water partition coefficient (Wildman–Crippen LogP) is -0.405. The quantitative estimate of drug-likeness (QED) is 0.0132. The minimum absolute atomic E-state index is 0.00272. The van der Waals surface area contributed by atoms with Crippen molar-refractivity contribution >= 4 is 77.1 Å². The van der Waals surface area contributed by atoms with Crippen molar-refractivity contribution in [3.8, 4) is 5.75 Å². The van der Waals surface area contributed by atoms with Gasteiger partial charge in [0.1, 0.15) is 48.0 Å². The summed E-state index contributed by atoms with van der Waals surface area (Å²) in [6.07, 6.45) is 3.22. The van der Waals surface area contributed by atoms with Crippen LogP contribution in [0.25, 0.3) is 0 Å². The van der Waals surface area contributed by atoms with Crippen LogP contribution >= 0.6 is 0 Å². The number of carbonyl (C=O) groups is 12. The lowest BCUT2D eigenvalue weighted by Gasteiger charge is -2.33. The molecule has 30 nitrogen and oxygen atoms in total. The number of phenols is 1. The highest BCUT2D eigenvalue weighted by Gasteiger charge is 2.50. The van der Waals surface area contributed by atoms with Gasteiger partial charge in [0.15, 0.2) is 11.4 Å². The molecule has 0 bridgehead atoms. The summed E-state index contributed by atoms with van der Waals surface area (Å²) in [7, 11) is 0. The Hall–Kier alpha value is -10.3. The molecule has 0 spiro atoms. The lowest BCUT2D eigenvalue weighted by Crippen LogP contribution is -2.64. The Morgan fingerprint density at radius 3 is 1.84 bits per heavy atom. The Morgan fingerprint density at radius 2 is 1.27 bits per heavy atom. The highest BCUT2D eigenvalue weighted by atomic mass is 16.4. The fraction of sp³-hybridized carbons (Fsp3) is 0.452. The number of rotatable bonds is 31. The summed E-state index contributed by atoms with van der Waals surface area (Å²) in [5, 5.41) is 59.4. The second kappa shape index (κ2) is 34.6. The van der Waals surface area contributed by atoms with E-state index in [-0.39, 0.29) is 63.3 Å². The highest BCUT2D eigenvalue weighted by Crippen LogP contribution is 2.30. The highest BCUT2D eigenvalue weighted by molar-refractivity contribution is 6.23. The number of imide groups is 2. The van der Waals surface area contributed by atoms with Gasteiger partial charge in [-0.25, -0.2) is 14.6 Å². The zero-order chi connectivity index (χ0) is 67.8. The number of phenolic OH excluding ortho intramolecular Hbond substituents is 1. The molecule has 11 amide bonds. The average Bonchev–Trinajstić information content (AvgIpc) is 0.882. The summed E-state index contributed by atoms with van der Waals surface area (Å²) < 4.78 is 0. The average molecular weight is 1280 g/mol. The number of H-pyrrole nitrogens is 1. The SMILES string of the molecule is CCC1(c2ccccc2)C(=O)NC(=O)NC1=O.CC[C@H](C)[C@H](NC(=O)[C@H](Cc1ccc(O)cc1)NC(=O)[C@@H](NC(=O)[C@H](CCCNC(=N)N)NC(=O)[C@@H](N)CC(=O)O)C(C)C)C(=O)N[C@@H](Cc1cnc[nH]1)C(=O)N1CCC[C@H]1C(=O)N[C@@H](Cc1ccccc1)C(=O)O. The van der Waals surface area contributed by atoms with E-state index in [9.17, 15) is 67.7 Å². The van der Waals surface area contributed by atoms with E-state index in [0.29, 0.717) is 41.6 Å². The number of aromatic amines is 1. The molecule has 3 heterocycles. The van der Waals surface area contributed by atoms with Gasteiger partial charge in [0.05, 0.1) is 18.8 Å². The van der Waals surface area contributed by atoms with E-state index in [1.54, 1.807) is 95.3 Å². The fourth-order valence-corrected chi connectivity index (χ4v) is 10.4. The summed E-state index contributed by atoms with van der Waals surface area (Å²) >= 11 is 0. The van der Waals surface area contributed by atoms with Gasteiger partial charge in [0, 0.05) is 44.2 Å². The monoisotopic (exact) mass is 1280 g/mol. The number of barbiturate groups is 1. The zero-order valence-corrected chi connectivity index (χ0v) is 51.8. The Morgan fingerprint density at radius 1 is 0.707 bits per heavy atom. The van der Waals surface area contributed by atoms with Gasteiger partial charge in [-0.05, 0) is 72.8 Å². The Kier molecular flexibility index (Phi) is 27.3. The maximum absolute atomic E-state index is 14.6. The Balaban J connectivity index is 0.000000773. The zero-order valence-electron chi connectivity index (χ0n) is 51.8. The molecule has 1 aromatic heterocycles. The Labute approximate surface area is 530 Å². The summed E-state index contributed by atoms with van der Waals surface area (Å²) in [5.41, 5.74) is 12.0. The van der Waals surface area contributed by atoms with Gasteiger partial charge in [-0.2, -0.15) is 0 Å². The van der Waals surface area contributed by atoms with Gasteiger partial charge >= 0.3 is 18.0 Å². The summed E-state index contributed by atoms with van der Waals surface area (Å²) in [4.78, 5) is 165. The van der Waals surface area contributed by atoms with E-state index in [1.165, 1.54) is 41.7 Å². The lowest BCUT2D eigenvalue weighted by atomic mass is 9.75. The van der Waals surface area contributed by atoms with Crippen LogP contribution in [-0.4, -0.2) is 169 Å². The molecule has 0 saturated carbocycles. The van der Waals surface area contributed by atoms with Crippen LogP contribution in [0, 0.1) is 17.2 Å². The number of nitrogens with one attached hydrogen (secondary N) is 11. The molecule has 0 radical (unpaired) electrons. The number of nitrogens with zero attached hydrogens (tertiary/aromatic N) is 2. The van der Waals surface area contributed by atoms with Gasteiger partial charge in [0.25, 0.3) is 0 Å². The number of benzene rings is 3. The Bertz CT molecular complexity index is 3220. The van der Waals surface area contributed by atoms with Crippen LogP contribution in [0.5, 0.6) is 5.75 Å². The second-order valence-corrected chi connectivity index (χ2v) is 22.8. The summed E-state index contributed by atoms with van der Waals surface area (Å²) in [6, 6.07) is 11.9. The third-order valence-electron chi connectivity index (χ3n) is 15.8. The number of carboxylic acids is 2. The van der Waals surface area contributed by atoms with Crippen molar-refractivity contribution in [3.05, 3.63) is 120 Å². The molecule has 92 heavy (non-hydrogen) atoms. The van der Waals surface area contributed by atoms with E-state index in [4.69, 9.17) is 22.0 Å². The number of urea groups is 1. The minimum Gasteiger partial charge on any atom is -0.508 e. The van der Waals surface area contributed by atoms with Crippen LogP contribution in [0.4, 0.5) is 4.79 Å². The van der Waals surface area contributed by atoms with Crippen molar-refractivity contribution in [2.45, 2.75) is 153 Å². The van der Waals surface area contributed by atoms with E-state index in [1.807, 2.05) is 0 Å². The number of hydrogen-bond acceptors (Lipinski definition) is 16.